The quantitative estimate of drug-likeness (QED) is 0.400. The summed E-state index contributed by atoms with van der Waals surface area (Å²) in [5.74, 6) is 0.317. The first kappa shape index (κ1) is 15.3. The Morgan fingerprint density at radius 1 is 1.42 bits per heavy atom. The third kappa shape index (κ3) is 8.96. The summed E-state index contributed by atoms with van der Waals surface area (Å²) in [4.78, 5) is 0. The van der Waals surface area contributed by atoms with Gasteiger partial charge in [-0.2, -0.15) is 13.1 Å². The maximum atomic E-state index is 10.2. The van der Waals surface area contributed by atoms with Crippen molar-refractivity contribution in [1.82, 2.24) is 4.72 Å². The summed E-state index contributed by atoms with van der Waals surface area (Å²) in [5.41, 5.74) is 0. The molecule has 0 unspecified atom stereocenters. The molecule has 6 heteroatoms. The van der Waals surface area contributed by atoms with Gasteiger partial charge in [0.15, 0.2) is 0 Å². The summed E-state index contributed by atoms with van der Waals surface area (Å²) in [6.07, 6.45) is 1.83. The standard InChI is InChI=1S/C6H15NO3S.Na.H/c1-3-6(4-2)5-7-11(8,9)10;;/h6-7H,3-5H2,1-2H3,(H,8,9,10);;/q;+1;-1. The summed E-state index contributed by atoms with van der Waals surface area (Å²) < 4.78 is 30.8. The van der Waals surface area contributed by atoms with E-state index in [0.717, 1.165) is 12.8 Å². The van der Waals surface area contributed by atoms with Gasteiger partial charge in [-0.3, -0.25) is 4.55 Å². The Hall–Kier alpha value is 0.870. The molecular weight excluding hydrogens is 189 g/mol. The Kier molecular flexibility index (Phi) is 9.32. The average molecular weight is 205 g/mol. The van der Waals surface area contributed by atoms with Gasteiger partial charge < -0.3 is 1.43 Å². The summed E-state index contributed by atoms with van der Waals surface area (Å²) in [7, 11) is -3.99. The summed E-state index contributed by atoms with van der Waals surface area (Å²) in [6.45, 7) is 4.30. The van der Waals surface area contributed by atoms with Crippen LogP contribution in [-0.4, -0.2) is 19.5 Å². The van der Waals surface area contributed by atoms with Crippen LogP contribution in [0.1, 0.15) is 28.1 Å². The van der Waals surface area contributed by atoms with Crippen LogP contribution in [0.2, 0.25) is 0 Å². The van der Waals surface area contributed by atoms with Crippen molar-refractivity contribution in [3.8, 4) is 0 Å². The van der Waals surface area contributed by atoms with Gasteiger partial charge in [0.05, 0.1) is 0 Å². The Morgan fingerprint density at radius 3 is 2.08 bits per heavy atom. The normalized spacial score (nSPS) is 11.3. The van der Waals surface area contributed by atoms with Crippen molar-refractivity contribution in [3.05, 3.63) is 0 Å². The van der Waals surface area contributed by atoms with E-state index in [1.807, 2.05) is 13.8 Å². The largest absolute Gasteiger partial charge is 1.00 e. The topological polar surface area (TPSA) is 66.4 Å². The molecule has 0 aliphatic heterocycles. The van der Waals surface area contributed by atoms with E-state index in [9.17, 15) is 8.42 Å². The molecule has 0 heterocycles. The number of hydrogen-bond donors (Lipinski definition) is 2. The molecule has 4 nitrogen and oxygen atoms in total. The van der Waals surface area contributed by atoms with Gasteiger partial charge in [-0.25, -0.2) is 0 Å². The molecule has 0 aliphatic rings. The zero-order chi connectivity index (χ0) is 8.91. The maximum Gasteiger partial charge on any atom is 1.00 e. The molecule has 0 radical (unpaired) electrons. The van der Waals surface area contributed by atoms with E-state index >= 15 is 0 Å². The van der Waals surface area contributed by atoms with Gasteiger partial charge in [-0.15, -0.1) is 0 Å². The second-order valence-electron chi connectivity index (χ2n) is 2.51. The van der Waals surface area contributed by atoms with E-state index < -0.39 is 10.3 Å². The molecule has 70 valence electrons. The molecule has 0 saturated carbocycles. The van der Waals surface area contributed by atoms with E-state index in [1.54, 1.807) is 0 Å². The molecule has 0 bridgehead atoms. The maximum absolute atomic E-state index is 10.2. The van der Waals surface area contributed by atoms with Crippen LogP contribution in [0.4, 0.5) is 0 Å². The molecule has 0 aromatic rings. The average Bonchev–Trinajstić information content (AvgIpc) is 1.88. The minimum atomic E-state index is -3.99. The Balaban J connectivity index is -0.000000500. The van der Waals surface area contributed by atoms with Crippen LogP contribution in [0.3, 0.4) is 0 Å². The molecule has 0 saturated heterocycles. The molecule has 0 spiro atoms. The molecule has 0 aromatic heterocycles. The minimum Gasteiger partial charge on any atom is -1.00 e. The van der Waals surface area contributed by atoms with E-state index in [1.165, 1.54) is 0 Å². The van der Waals surface area contributed by atoms with Crippen molar-refractivity contribution in [1.29, 1.82) is 0 Å². The van der Waals surface area contributed by atoms with E-state index in [0.29, 0.717) is 12.5 Å². The minimum absolute atomic E-state index is 0. The Bertz CT molecular complexity index is 194. The van der Waals surface area contributed by atoms with Crippen LogP contribution < -0.4 is 34.3 Å². The second kappa shape index (κ2) is 7.29. The van der Waals surface area contributed by atoms with Crippen molar-refractivity contribution in [3.63, 3.8) is 0 Å². The van der Waals surface area contributed by atoms with Gasteiger partial charge in [0.1, 0.15) is 0 Å². The fraction of sp³-hybridized carbons (Fsp3) is 1.00. The van der Waals surface area contributed by atoms with Crippen LogP contribution >= 0.6 is 0 Å². The number of hydrogen-bond acceptors (Lipinski definition) is 2. The first-order valence-electron chi connectivity index (χ1n) is 3.71. The molecule has 0 aromatic carbocycles. The molecule has 12 heavy (non-hydrogen) atoms. The van der Waals surface area contributed by atoms with Crippen molar-refractivity contribution in [2.75, 3.05) is 6.54 Å². The van der Waals surface area contributed by atoms with Gasteiger partial charge in [0, 0.05) is 6.54 Å². The van der Waals surface area contributed by atoms with E-state index in [-0.39, 0.29) is 31.0 Å². The third-order valence-electron chi connectivity index (χ3n) is 1.71. The van der Waals surface area contributed by atoms with Crippen LogP contribution in [0.5, 0.6) is 0 Å². The second-order valence-corrected chi connectivity index (χ2v) is 3.74. The van der Waals surface area contributed by atoms with Crippen LogP contribution in [0.25, 0.3) is 0 Å². The number of nitrogens with one attached hydrogen (secondary N) is 1. The van der Waals surface area contributed by atoms with Gasteiger partial charge >= 0.3 is 39.9 Å². The van der Waals surface area contributed by atoms with Crippen LogP contribution in [-0.2, 0) is 10.3 Å². The summed E-state index contributed by atoms with van der Waals surface area (Å²) in [6, 6.07) is 0. The molecular formula is C6H16NNaO3S. The Labute approximate surface area is 97.8 Å². The fourth-order valence-electron chi connectivity index (χ4n) is 0.801. The molecule has 0 aliphatic carbocycles. The molecule has 0 fully saturated rings. The van der Waals surface area contributed by atoms with Gasteiger partial charge in [-0.05, 0) is 5.92 Å². The van der Waals surface area contributed by atoms with Crippen molar-refractivity contribution in [2.24, 2.45) is 5.92 Å². The number of rotatable bonds is 5. The summed E-state index contributed by atoms with van der Waals surface area (Å²) in [5, 5.41) is 0. The third-order valence-corrected chi connectivity index (χ3v) is 2.24. The van der Waals surface area contributed by atoms with Gasteiger partial charge in [0.25, 0.3) is 0 Å². The summed E-state index contributed by atoms with van der Waals surface area (Å²) >= 11 is 0. The SMILES string of the molecule is CCC(CC)CNS(=O)(=O)O.[H-].[Na+]. The van der Waals surface area contributed by atoms with E-state index in [2.05, 4.69) is 4.72 Å². The Morgan fingerprint density at radius 2 is 1.83 bits per heavy atom. The van der Waals surface area contributed by atoms with Gasteiger partial charge in [-0.1, -0.05) is 26.7 Å². The first-order chi connectivity index (χ1) is 4.99. The van der Waals surface area contributed by atoms with Gasteiger partial charge in [0.2, 0.25) is 0 Å². The predicted octanol–water partition coefficient (Wildman–Crippen LogP) is -2.07. The zero-order valence-electron chi connectivity index (χ0n) is 8.87. The smallest absolute Gasteiger partial charge is 1.00 e. The molecule has 0 atom stereocenters. The van der Waals surface area contributed by atoms with Crippen LogP contribution in [0, 0.1) is 5.92 Å². The predicted molar refractivity (Wildman–Crippen MR) is 44.7 cm³/mol. The first-order valence-corrected chi connectivity index (χ1v) is 5.15. The fourth-order valence-corrected chi connectivity index (χ4v) is 1.25. The molecule has 0 amide bonds. The molecule has 2 N–H and O–H groups in total. The van der Waals surface area contributed by atoms with Crippen molar-refractivity contribution >= 4 is 10.3 Å². The van der Waals surface area contributed by atoms with Crippen molar-refractivity contribution < 1.29 is 44.0 Å². The van der Waals surface area contributed by atoms with Crippen LogP contribution in [0.15, 0.2) is 0 Å². The van der Waals surface area contributed by atoms with E-state index in [4.69, 9.17) is 4.55 Å². The zero-order valence-corrected chi connectivity index (χ0v) is 10.7. The van der Waals surface area contributed by atoms with Crippen molar-refractivity contribution in [2.45, 2.75) is 26.7 Å². The monoisotopic (exact) mass is 205 g/mol. The molecule has 0 rings (SSSR count).